The van der Waals surface area contributed by atoms with Crippen LogP contribution < -0.4 is 11.3 Å². The first-order valence-corrected chi connectivity index (χ1v) is 4.13. The molecule has 2 N–H and O–H groups in total. The van der Waals surface area contributed by atoms with Crippen LogP contribution in [0.25, 0.3) is 0 Å². The van der Waals surface area contributed by atoms with Crippen molar-refractivity contribution in [3.63, 3.8) is 0 Å². The van der Waals surface area contributed by atoms with E-state index >= 15 is 0 Å². The van der Waals surface area contributed by atoms with Crippen molar-refractivity contribution < 1.29 is 0 Å². The molecule has 1 rings (SSSR count). The lowest BCUT2D eigenvalue weighted by atomic mass is 10.3. The molecule has 1 heterocycles. The number of nitrogens with zero attached hydrogens (tertiary/aromatic N) is 2. The van der Waals surface area contributed by atoms with Crippen molar-refractivity contribution in [2.24, 2.45) is 0 Å². The van der Waals surface area contributed by atoms with E-state index in [1.165, 1.54) is 10.0 Å². The molecular weight excluding hydrogens is 174 g/mol. The highest BCUT2D eigenvalue weighted by atomic mass is 32.1. The van der Waals surface area contributed by atoms with E-state index in [4.69, 9.17) is 5.73 Å². The predicted molar refractivity (Wildman–Crippen MR) is 51.3 cm³/mol. The van der Waals surface area contributed by atoms with Gasteiger partial charge in [-0.2, -0.15) is 0 Å². The van der Waals surface area contributed by atoms with E-state index in [0.717, 1.165) is 6.42 Å². The molecule has 0 aromatic carbocycles. The minimum absolute atomic E-state index is 0.228. The molecule has 0 fully saturated rings. The molecule has 0 radical (unpaired) electrons. The van der Waals surface area contributed by atoms with Gasteiger partial charge in [0.2, 0.25) is 0 Å². The van der Waals surface area contributed by atoms with Gasteiger partial charge in [0, 0.05) is 12.5 Å². The fraction of sp³-hybridized carbons (Fsp3) is 0.429. The van der Waals surface area contributed by atoms with Crippen LogP contribution in [0.1, 0.15) is 19.2 Å². The Kier molecular flexibility index (Phi) is 2.75. The smallest absolute Gasteiger partial charge is 0.265 e. The summed E-state index contributed by atoms with van der Waals surface area (Å²) in [6.45, 7) is 2.00. The Bertz CT molecular complexity index is 334. The van der Waals surface area contributed by atoms with Crippen LogP contribution in [0.5, 0.6) is 0 Å². The maximum absolute atomic E-state index is 11.1. The molecule has 0 saturated carbocycles. The zero-order valence-electron chi connectivity index (χ0n) is 6.82. The molecule has 0 spiro atoms. The van der Waals surface area contributed by atoms with Gasteiger partial charge in [-0.1, -0.05) is 19.7 Å². The number of nitrogen functional groups attached to an aromatic ring is 1. The lowest BCUT2D eigenvalue weighted by molar-refractivity contribution is 0.810. The summed E-state index contributed by atoms with van der Waals surface area (Å²) in [6.07, 6.45) is 1.63. The molecule has 1 aromatic heterocycles. The minimum atomic E-state index is -0.228. The Morgan fingerprint density at radius 1 is 1.75 bits per heavy atom. The van der Waals surface area contributed by atoms with E-state index in [1.54, 1.807) is 0 Å². The number of aromatic nitrogens is 2. The second-order valence-electron chi connectivity index (χ2n) is 2.50. The minimum Gasteiger partial charge on any atom is -0.383 e. The maximum Gasteiger partial charge on any atom is 0.265 e. The van der Waals surface area contributed by atoms with Crippen LogP contribution in [0.2, 0.25) is 0 Å². The van der Waals surface area contributed by atoms with E-state index in [1.807, 2.05) is 6.92 Å². The van der Waals surface area contributed by atoms with E-state index in [9.17, 15) is 4.79 Å². The van der Waals surface area contributed by atoms with E-state index in [2.05, 4.69) is 17.8 Å². The Balaban J connectivity index is 3.18. The Morgan fingerprint density at radius 3 is 3.00 bits per heavy atom. The summed E-state index contributed by atoms with van der Waals surface area (Å²) in [5, 5.41) is 0. The molecule has 0 aliphatic heterocycles. The highest BCUT2D eigenvalue weighted by Crippen LogP contribution is 2.01. The van der Waals surface area contributed by atoms with Crippen molar-refractivity contribution in [1.82, 2.24) is 8.96 Å². The number of anilines is 1. The van der Waals surface area contributed by atoms with Gasteiger partial charge < -0.3 is 5.73 Å². The molecule has 66 valence electrons. The van der Waals surface area contributed by atoms with Crippen molar-refractivity contribution in [2.75, 3.05) is 5.73 Å². The van der Waals surface area contributed by atoms with Gasteiger partial charge in [0.25, 0.3) is 5.56 Å². The van der Waals surface area contributed by atoms with Crippen molar-refractivity contribution in [3.05, 3.63) is 22.2 Å². The van der Waals surface area contributed by atoms with Crippen molar-refractivity contribution in [3.8, 4) is 0 Å². The SMILES string of the molecule is CCCc1nc(N)cc(=O)n1S. The second-order valence-corrected chi connectivity index (χ2v) is 2.90. The summed E-state index contributed by atoms with van der Waals surface area (Å²) in [4.78, 5) is 15.1. The first kappa shape index (κ1) is 9.12. The molecule has 0 amide bonds. The highest BCUT2D eigenvalue weighted by Gasteiger charge is 2.02. The molecule has 4 nitrogen and oxygen atoms in total. The lowest BCUT2D eigenvalue weighted by Gasteiger charge is -2.04. The lowest BCUT2D eigenvalue weighted by Crippen LogP contribution is -2.18. The molecule has 0 aliphatic rings. The Morgan fingerprint density at radius 2 is 2.42 bits per heavy atom. The zero-order valence-corrected chi connectivity index (χ0v) is 7.71. The third-order valence-corrected chi connectivity index (χ3v) is 1.88. The van der Waals surface area contributed by atoms with Crippen molar-refractivity contribution in [2.45, 2.75) is 19.8 Å². The summed E-state index contributed by atoms with van der Waals surface area (Å²) in [5.74, 6) is 0.875. The van der Waals surface area contributed by atoms with Gasteiger partial charge in [0.1, 0.15) is 11.6 Å². The van der Waals surface area contributed by atoms with Crippen LogP contribution in [0.4, 0.5) is 5.82 Å². The van der Waals surface area contributed by atoms with Gasteiger partial charge in [-0.25, -0.2) is 8.96 Å². The summed E-state index contributed by atoms with van der Waals surface area (Å²) in [6, 6.07) is 1.26. The van der Waals surface area contributed by atoms with Gasteiger partial charge in [-0.3, -0.25) is 4.79 Å². The standard InChI is InChI=1S/C7H11N3OS/c1-2-3-6-9-5(8)4-7(11)10(6)12/h4,12H,2-3,8H2,1H3. The summed E-state index contributed by atoms with van der Waals surface area (Å²) < 4.78 is 1.22. The normalized spacial score (nSPS) is 10.2. The first-order chi connectivity index (χ1) is 5.65. The van der Waals surface area contributed by atoms with Gasteiger partial charge in [-0.15, -0.1) is 0 Å². The summed E-state index contributed by atoms with van der Waals surface area (Å²) in [7, 11) is 0. The fourth-order valence-corrected chi connectivity index (χ4v) is 1.13. The van der Waals surface area contributed by atoms with Crippen LogP contribution in [-0.4, -0.2) is 8.96 Å². The largest absolute Gasteiger partial charge is 0.383 e. The van der Waals surface area contributed by atoms with Crippen LogP contribution in [0.15, 0.2) is 10.9 Å². The average molecular weight is 185 g/mol. The molecule has 0 bridgehead atoms. The predicted octanol–water partition coefficient (Wildman–Crippen LogP) is 0.471. The van der Waals surface area contributed by atoms with E-state index < -0.39 is 0 Å². The van der Waals surface area contributed by atoms with Crippen LogP contribution in [0.3, 0.4) is 0 Å². The third kappa shape index (κ3) is 1.79. The molecule has 0 atom stereocenters. The highest BCUT2D eigenvalue weighted by molar-refractivity contribution is 7.78. The third-order valence-electron chi connectivity index (χ3n) is 1.46. The number of aryl methyl sites for hydroxylation is 1. The number of hydrogen-bond donors (Lipinski definition) is 2. The first-order valence-electron chi connectivity index (χ1n) is 3.73. The topological polar surface area (TPSA) is 60.9 Å². The maximum atomic E-state index is 11.1. The van der Waals surface area contributed by atoms with Gasteiger partial charge in [0.05, 0.1) is 0 Å². The number of rotatable bonds is 2. The molecule has 5 heteroatoms. The Labute approximate surface area is 76.0 Å². The van der Waals surface area contributed by atoms with Gasteiger partial charge in [0.15, 0.2) is 0 Å². The fourth-order valence-electron chi connectivity index (χ4n) is 0.929. The average Bonchev–Trinajstić information content (AvgIpc) is 2.00. The van der Waals surface area contributed by atoms with Crippen molar-refractivity contribution >= 4 is 18.6 Å². The summed E-state index contributed by atoms with van der Waals surface area (Å²) >= 11 is 3.98. The van der Waals surface area contributed by atoms with Gasteiger partial charge >= 0.3 is 0 Å². The monoisotopic (exact) mass is 185 g/mol. The number of thiol groups is 1. The zero-order chi connectivity index (χ0) is 9.14. The second kappa shape index (κ2) is 3.62. The molecule has 0 unspecified atom stereocenters. The summed E-state index contributed by atoms with van der Waals surface area (Å²) in [5.41, 5.74) is 5.17. The van der Waals surface area contributed by atoms with E-state index in [-0.39, 0.29) is 11.4 Å². The molecule has 1 aromatic rings. The van der Waals surface area contributed by atoms with Gasteiger partial charge in [-0.05, 0) is 6.42 Å². The molecular formula is C7H11N3OS. The van der Waals surface area contributed by atoms with E-state index in [0.29, 0.717) is 12.2 Å². The Hall–Kier alpha value is -0.970. The number of nitrogens with two attached hydrogens (primary N) is 1. The van der Waals surface area contributed by atoms with Crippen LogP contribution in [-0.2, 0) is 6.42 Å². The van der Waals surface area contributed by atoms with Crippen LogP contribution >= 0.6 is 12.8 Å². The molecule has 12 heavy (non-hydrogen) atoms. The number of hydrogen-bond acceptors (Lipinski definition) is 4. The molecule has 0 aliphatic carbocycles. The van der Waals surface area contributed by atoms with Crippen LogP contribution in [0, 0.1) is 0 Å². The van der Waals surface area contributed by atoms with Crippen molar-refractivity contribution in [1.29, 1.82) is 0 Å². The quantitative estimate of drug-likeness (QED) is 0.658. The molecule has 0 saturated heterocycles.